The van der Waals surface area contributed by atoms with Gasteiger partial charge in [-0.3, -0.25) is 10.2 Å². The lowest BCUT2D eigenvalue weighted by atomic mass is 10.2. The predicted octanol–water partition coefficient (Wildman–Crippen LogP) is 0.742. The van der Waals surface area contributed by atoms with Crippen molar-refractivity contribution in [2.24, 2.45) is 5.84 Å². The second kappa shape index (κ2) is 6.82. The molecule has 2 heterocycles. The zero-order valence-corrected chi connectivity index (χ0v) is 13.7. The number of carbonyl (C=O) groups is 2. The molecule has 8 heteroatoms. The van der Waals surface area contributed by atoms with Crippen LogP contribution in [0, 0.1) is 0 Å². The van der Waals surface area contributed by atoms with E-state index in [0.717, 1.165) is 0 Å². The van der Waals surface area contributed by atoms with Gasteiger partial charge in [-0.1, -0.05) is 6.07 Å². The topological polar surface area (TPSA) is 101 Å². The Hall–Kier alpha value is -2.35. The van der Waals surface area contributed by atoms with Crippen molar-refractivity contribution in [3.63, 3.8) is 0 Å². The Labute approximate surface area is 135 Å². The molecule has 1 aromatic rings. The second-order valence-electron chi connectivity index (χ2n) is 6.31. The van der Waals surface area contributed by atoms with E-state index in [1.54, 1.807) is 17.0 Å². The zero-order chi connectivity index (χ0) is 17.0. The van der Waals surface area contributed by atoms with Gasteiger partial charge in [0.2, 0.25) is 0 Å². The van der Waals surface area contributed by atoms with Crippen LogP contribution in [0.5, 0.6) is 0 Å². The number of anilines is 1. The number of aromatic nitrogens is 1. The molecular formula is C15H23N5O3. The van der Waals surface area contributed by atoms with Gasteiger partial charge in [0.25, 0.3) is 5.91 Å². The first-order valence-electron chi connectivity index (χ1n) is 7.51. The molecule has 1 aliphatic rings. The number of nitrogens with zero attached hydrogens (tertiary/aromatic N) is 3. The third-order valence-corrected chi connectivity index (χ3v) is 3.35. The number of nitrogens with one attached hydrogen (secondary N) is 1. The Balaban J connectivity index is 1.97. The molecule has 0 saturated carbocycles. The van der Waals surface area contributed by atoms with Gasteiger partial charge in [-0.05, 0) is 32.9 Å². The number of pyridine rings is 1. The molecule has 2 amide bonds. The van der Waals surface area contributed by atoms with Crippen LogP contribution in [-0.2, 0) is 4.74 Å². The lowest BCUT2D eigenvalue weighted by Gasteiger charge is -2.36. The number of hydrazine groups is 1. The smallest absolute Gasteiger partial charge is 0.410 e. The fraction of sp³-hybridized carbons (Fsp3) is 0.533. The summed E-state index contributed by atoms with van der Waals surface area (Å²) < 4.78 is 5.37. The lowest BCUT2D eigenvalue weighted by Crippen LogP contribution is -2.50. The maximum absolute atomic E-state index is 12.0. The van der Waals surface area contributed by atoms with Crippen molar-refractivity contribution in [3.8, 4) is 0 Å². The fourth-order valence-corrected chi connectivity index (χ4v) is 2.24. The molecule has 1 saturated heterocycles. The molecule has 126 valence electrons. The molecule has 0 aliphatic carbocycles. The van der Waals surface area contributed by atoms with Gasteiger partial charge in [0.15, 0.2) is 0 Å². The summed E-state index contributed by atoms with van der Waals surface area (Å²) in [4.78, 5) is 31.6. The predicted molar refractivity (Wildman–Crippen MR) is 85.9 cm³/mol. The van der Waals surface area contributed by atoms with Crippen molar-refractivity contribution in [1.29, 1.82) is 0 Å². The molecule has 0 aromatic carbocycles. The molecule has 0 spiro atoms. The largest absolute Gasteiger partial charge is 0.444 e. The van der Waals surface area contributed by atoms with Crippen LogP contribution in [-0.4, -0.2) is 53.7 Å². The number of nitrogen functional groups attached to an aromatic ring is 1. The highest BCUT2D eigenvalue weighted by atomic mass is 16.6. The number of amides is 2. The Morgan fingerprint density at radius 1 is 1.22 bits per heavy atom. The van der Waals surface area contributed by atoms with Crippen LogP contribution in [0.4, 0.5) is 10.6 Å². The van der Waals surface area contributed by atoms with E-state index < -0.39 is 11.5 Å². The van der Waals surface area contributed by atoms with Crippen LogP contribution >= 0.6 is 0 Å². The normalized spacial score (nSPS) is 15.3. The van der Waals surface area contributed by atoms with Crippen LogP contribution in [0.15, 0.2) is 18.2 Å². The molecule has 1 aliphatic heterocycles. The van der Waals surface area contributed by atoms with Crippen LogP contribution in [0.1, 0.15) is 31.3 Å². The third kappa shape index (κ3) is 4.56. The van der Waals surface area contributed by atoms with E-state index in [0.29, 0.717) is 32.0 Å². The highest BCUT2D eigenvalue weighted by Gasteiger charge is 2.26. The maximum Gasteiger partial charge on any atom is 0.410 e. The minimum absolute atomic E-state index is 0.263. The first kappa shape index (κ1) is 17.0. The van der Waals surface area contributed by atoms with Gasteiger partial charge in [0, 0.05) is 26.2 Å². The molecular weight excluding hydrogens is 298 g/mol. The van der Waals surface area contributed by atoms with Crippen molar-refractivity contribution < 1.29 is 14.3 Å². The summed E-state index contributed by atoms with van der Waals surface area (Å²) in [6.07, 6.45) is -0.304. The van der Waals surface area contributed by atoms with E-state index in [2.05, 4.69) is 10.4 Å². The lowest BCUT2D eigenvalue weighted by molar-refractivity contribution is 0.0240. The second-order valence-corrected chi connectivity index (χ2v) is 6.31. The van der Waals surface area contributed by atoms with E-state index in [4.69, 9.17) is 10.6 Å². The molecule has 2 rings (SSSR count). The van der Waals surface area contributed by atoms with Crippen molar-refractivity contribution in [1.82, 2.24) is 15.3 Å². The maximum atomic E-state index is 12.0. The molecule has 0 atom stereocenters. The number of hydrogen-bond donors (Lipinski definition) is 2. The third-order valence-electron chi connectivity index (χ3n) is 3.35. The van der Waals surface area contributed by atoms with Crippen LogP contribution in [0.2, 0.25) is 0 Å². The Morgan fingerprint density at radius 3 is 2.43 bits per heavy atom. The summed E-state index contributed by atoms with van der Waals surface area (Å²) in [5, 5.41) is 0. The molecule has 3 N–H and O–H groups in total. The van der Waals surface area contributed by atoms with Gasteiger partial charge in [-0.15, -0.1) is 0 Å². The van der Waals surface area contributed by atoms with E-state index in [-0.39, 0.29) is 11.8 Å². The highest BCUT2D eigenvalue weighted by Crippen LogP contribution is 2.16. The number of ether oxygens (including phenoxy) is 1. The van der Waals surface area contributed by atoms with Crippen molar-refractivity contribution in [2.75, 3.05) is 31.1 Å². The molecule has 0 unspecified atom stereocenters. The summed E-state index contributed by atoms with van der Waals surface area (Å²) in [5.74, 6) is 5.38. The van der Waals surface area contributed by atoms with E-state index >= 15 is 0 Å². The van der Waals surface area contributed by atoms with Gasteiger partial charge >= 0.3 is 6.09 Å². The molecule has 0 radical (unpaired) electrons. The highest BCUT2D eigenvalue weighted by molar-refractivity contribution is 5.92. The average molecular weight is 321 g/mol. The molecule has 1 aromatic heterocycles. The van der Waals surface area contributed by atoms with E-state index in [1.807, 2.05) is 31.7 Å². The summed E-state index contributed by atoms with van der Waals surface area (Å²) in [7, 11) is 0. The summed E-state index contributed by atoms with van der Waals surface area (Å²) in [6.45, 7) is 7.88. The minimum atomic E-state index is -0.500. The SMILES string of the molecule is CC(C)(C)OC(=O)N1CCN(c2cccc(C(=O)NN)n2)CC1. The summed E-state index contributed by atoms with van der Waals surface area (Å²) >= 11 is 0. The quantitative estimate of drug-likeness (QED) is 0.473. The number of carbonyl (C=O) groups excluding carboxylic acids is 2. The van der Waals surface area contributed by atoms with Crippen LogP contribution < -0.4 is 16.2 Å². The number of hydrogen-bond acceptors (Lipinski definition) is 6. The number of nitrogens with two attached hydrogens (primary N) is 1. The van der Waals surface area contributed by atoms with Crippen molar-refractivity contribution in [3.05, 3.63) is 23.9 Å². The molecule has 23 heavy (non-hydrogen) atoms. The van der Waals surface area contributed by atoms with Gasteiger partial charge in [-0.2, -0.15) is 0 Å². The van der Waals surface area contributed by atoms with Crippen LogP contribution in [0.3, 0.4) is 0 Å². The van der Waals surface area contributed by atoms with Gasteiger partial charge in [0.1, 0.15) is 17.1 Å². The molecule has 1 fully saturated rings. The number of rotatable bonds is 2. The van der Waals surface area contributed by atoms with E-state index in [1.165, 1.54) is 0 Å². The van der Waals surface area contributed by atoms with Crippen LogP contribution in [0.25, 0.3) is 0 Å². The van der Waals surface area contributed by atoms with Crippen molar-refractivity contribution in [2.45, 2.75) is 26.4 Å². The standard InChI is InChI=1S/C15H23N5O3/c1-15(2,3)23-14(22)20-9-7-19(8-10-20)12-6-4-5-11(17-12)13(21)18-16/h4-6H,7-10,16H2,1-3H3,(H,18,21). The Bertz CT molecular complexity index is 577. The first-order chi connectivity index (χ1) is 10.8. The Kier molecular flexibility index (Phi) is 5.05. The summed E-state index contributed by atoms with van der Waals surface area (Å²) in [6, 6.07) is 5.19. The van der Waals surface area contributed by atoms with Gasteiger partial charge < -0.3 is 14.5 Å². The van der Waals surface area contributed by atoms with Gasteiger partial charge in [0.05, 0.1) is 0 Å². The molecule has 8 nitrogen and oxygen atoms in total. The average Bonchev–Trinajstić information content (AvgIpc) is 2.53. The fourth-order valence-electron chi connectivity index (χ4n) is 2.24. The summed E-state index contributed by atoms with van der Waals surface area (Å²) in [5.41, 5.74) is 1.83. The zero-order valence-electron chi connectivity index (χ0n) is 13.7. The monoisotopic (exact) mass is 321 g/mol. The Morgan fingerprint density at radius 2 is 1.87 bits per heavy atom. The molecule has 0 bridgehead atoms. The minimum Gasteiger partial charge on any atom is -0.444 e. The van der Waals surface area contributed by atoms with E-state index in [9.17, 15) is 9.59 Å². The first-order valence-corrected chi connectivity index (χ1v) is 7.51. The van der Waals surface area contributed by atoms with Gasteiger partial charge in [-0.25, -0.2) is 15.6 Å². The number of piperazine rings is 1. The van der Waals surface area contributed by atoms with Crippen molar-refractivity contribution >= 4 is 17.8 Å².